The van der Waals surface area contributed by atoms with Gasteiger partial charge in [-0.15, -0.1) is 0 Å². The van der Waals surface area contributed by atoms with Crippen molar-refractivity contribution >= 4 is 28.2 Å². The van der Waals surface area contributed by atoms with Crippen molar-refractivity contribution in [3.05, 3.63) is 0 Å². The molecule has 1 heterocycles. The molecule has 0 saturated carbocycles. The molecule has 0 spiro atoms. The maximum absolute atomic E-state index is 10.8. The zero-order valence-corrected chi connectivity index (χ0v) is 10.1. The van der Waals surface area contributed by atoms with Crippen LogP contribution < -0.4 is 0 Å². The Morgan fingerprint density at radius 3 is 2.64 bits per heavy atom. The van der Waals surface area contributed by atoms with Crippen LogP contribution >= 0.6 is 0 Å². The second kappa shape index (κ2) is 5.39. The van der Waals surface area contributed by atoms with E-state index in [4.69, 9.17) is 11.1 Å². The van der Waals surface area contributed by atoms with Crippen LogP contribution in [0.3, 0.4) is 0 Å². The van der Waals surface area contributed by atoms with Crippen molar-refractivity contribution < 1.29 is 26.1 Å². The van der Waals surface area contributed by atoms with Crippen LogP contribution in [0.15, 0.2) is 0 Å². The number of carbonyl (C=O) groups excluding carboxylic acids is 1. The maximum atomic E-state index is 10.8. The summed E-state index contributed by atoms with van der Waals surface area (Å²) in [4.78, 5) is 10.8. The Morgan fingerprint density at radius 1 is 1.50 bits per heavy atom. The average Bonchev–Trinajstić information content (AvgIpc) is 2.62. The Kier molecular flexibility index (Phi) is 4.76. The molecule has 0 aromatic heterocycles. The predicted octanol–water partition coefficient (Wildman–Crippen LogP) is -2.39. The Labute approximate surface area is 92.5 Å². The summed E-state index contributed by atoms with van der Waals surface area (Å²) in [7, 11) is 0. The summed E-state index contributed by atoms with van der Waals surface area (Å²) in [6.45, 7) is 0.887. The van der Waals surface area contributed by atoms with E-state index in [2.05, 4.69) is 0 Å². The Balaban J connectivity index is 2.58. The molecular weight excluding hydrogens is 302 g/mol. The summed E-state index contributed by atoms with van der Waals surface area (Å²) in [5.41, 5.74) is 0. The molecule has 1 aliphatic rings. The van der Waals surface area contributed by atoms with Crippen molar-refractivity contribution in [3.8, 4) is 0 Å². The third-order valence-corrected chi connectivity index (χ3v) is 3.93. The topological polar surface area (TPSA) is 96.2 Å². The Morgan fingerprint density at radius 2 is 2.14 bits per heavy atom. The van der Waals surface area contributed by atoms with Gasteiger partial charge in [-0.25, -0.2) is 0 Å². The Bertz CT molecular complexity index is 210. The van der Waals surface area contributed by atoms with E-state index < -0.39 is 52.7 Å². The van der Waals surface area contributed by atoms with Gasteiger partial charge in [-0.05, 0) is 0 Å². The van der Waals surface area contributed by atoms with Crippen LogP contribution in [0, 0.1) is 0 Å². The van der Waals surface area contributed by atoms with Crippen LogP contribution in [0.25, 0.3) is 0 Å². The molecule has 7 heteroatoms. The molecule has 14 heavy (non-hydrogen) atoms. The molecule has 4 atom stereocenters. The van der Waals surface area contributed by atoms with E-state index in [1.165, 1.54) is 6.92 Å². The van der Waals surface area contributed by atoms with Crippen molar-refractivity contribution in [1.29, 1.82) is 0 Å². The fourth-order valence-electron chi connectivity index (χ4n) is 1.10. The number of aliphatic hydroxyl groups excluding tert-OH is 3. The van der Waals surface area contributed by atoms with Gasteiger partial charge in [0.2, 0.25) is 0 Å². The summed E-state index contributed by atoms with van der Waals surface area (Å²) in [6, 6.07) is 0. The van der Waals surface area contributed by atoms with Crippen molar-refractivity contribution in [3.63, 3.8) is 0 Å². The van der Waals surface area contributed by atoms with Crippen LogP contribution in [-0.2, 0) is 10.8 Å². The van der Waals surface area contributed by atoms with Gasteiger partial charge in [-0.3, -0.25) is 0 Å². The number of ketones is 1. The van der Waals surface area contributed by atoms with Gasteiger partial charge in [0.1, 0.15) is 0 Å². The van der Waals surface area contributed by atoms with E-state index in [9.17, 15) is 15.0 Å². The predicted molar refractivity (Wildman–Crippen MR) is 45.3 cm³/mol. The molecule has 1 fully saturated rings. The monoisotopic (exact) mass is 313 g/mol. The first-order valence-corrected chi connectivity index (χ1v) is 6.15. The van der Waals surface area contributed by atoms with Crippen LogP contribution in [0.5, 0.6) is 0 Å². The minimum absolute atomic E-state index is 0.290. The minimum atomic E-state index is -1.48. The number of hydrogen-bond acceptors (Lipinski definition) is 6. The molecule has 81 valence electrons. The first-order valence-electron chi connectivity index (χ1n) is 4.07. The molecule has 0 amide bonds. The molecule has 0 aromatic carbocycles. The fourth-order valence-corrected chi connectivity index (χ4v) is 3.11. The van der Waals surface area contributed by atoms with Gasteiger partial charge in [-0.1, -0.05) is 0 Å². The molecule has 1 saturated heterocycles. The van der Waals surface area contributed by atoms with Gasteiger partial charge in [0.15, 0.2) is 0 Å². The van der Waals surface area contributed by atoms with Crippen LogP contribution in [0.4, 0.5) is 0 Å². The van der Waals surface area contributed by atoms with E-state index in [0.29, 0.717) is 0 Å². The van der Waals surface area contributed by atoms with Gasteiger partial charge >= 0.3 is 92.3 Å². The van der Waals surface area contributed by atoms with Crippen LogP contribution in [0.1, 0.15) is 6.92 Å². The molecule has 0 aromatic rings. The second-order valence-electron chi connectivity index (χ2n) is 3.02. The van der Waals surface area contributed by atoms with Gasteiger partial charge in [0.05, 0.1) is 0 Å². The molecule has 1 rings (SSSR count). The van der Waals surface area contributed by atoms with Gasteiger partial charge < -0.3 is 0 Å². The summed E-state index contributed by atoms with van der Waals surface area (Å²) in [5, 5.41) is 27.6. The number of Topliss-reactive ketones (excluding diaryl/α,β-unsaturated/α-hetero) is 1. The number of carbonyl (C=O) groups is 1. The Hall–Kier alpha value is 0.288. The summed E-state index contributed by atoms with van der Waals surface area (Å²) in [6.07, 6.45) is -4.23. The van der Waals surface area contributed by atoms with E-state index in [1.807, 2.05) is 0 Å². The zero-order valence-electron chi connectivity index (χ0n) is 7.53. The van der Waals surface area contributed by atoms with E-state index in [1.54, 1.807) is 0 Å². The third-order valence-electron chi connectivity index (χ3n) is 1.97. The molecule has 0 bridgehead atoms. The van der Waals surface area contributed by atoms with E-state index in [0.717, 1.165) is 0 Å². The van der Waals surface area contributed by atoms with Crippen molar-refractivity contribution in [2.24, 2.45) is 0 Å². The fraction of sp³-hybridized carbons (Fsp3) is 0.857. The standard InChI is InChI=1S/C7H12O6.Sb/c1-3(9)5(11)7(13)6(12)4(10)2-8;/h4-8,11,13H,2H2,1H3;/q-2;+2. The molecular formula is C7H12O6Sb. The average molecular weight is 314 g/mol. The SMILES string of the molecule is CC(=O)C(O)C(O)C1[O][Sb][O]C1CO. The summed E-state index contributed by atoms with van der Waals surface area (Å²) >= 11 is -1.30. The van der Waals surface area contributed by atoms with Crippen molar-refractivity contribution in [2.75, 3.05) is 6.61 Å². The molecule has 1 radical (unpaired) electrons. The number of aliphatic hydroxyl groups is 3. The normalized spacial score (nSPS) is 31.4. The molecule has 6 nitrogen and oxygen atoms in total. The quantitative estimate of drug-likeness (QED) is 0.501. The van der Waals surface area contributed by atoms with Crippen molar-refractivity contribution in [1.82, 2.24) is 0 Å². The van der Waals surface area contributed by atoms with Crippen LogP contribution in [-0.4, -0.2) is 74.6 Å². The third kappa shape index (κ3) is 2.65. The number of rotatable bonds is 4. The molecule has 0 aliphatic carbocycles. The van der Waals surface area contributed by atoms with E-state index >= 15 is 0 Å². The van der Waals surface area contributed by atoms with Gasteiger partial charge in [0.25, 0.3) is 0 Å². The zero-order chi connectivity index (χ0) is 10.7. The summed E-state index contributed by atoms with van der Waals surface area (Å²) < 4.78 is 10.2. The van der Waals surface area contributed by atoms with Crippen LogP contribution in [0.2, 0.25) is 0 Å². The van der Waals surface area contributed by atoms with Gasteiger partial charge in [-0.2, -0.15) is 0 Å². The first kappa shape index (κ1) is 12.4. The molecule has 4 unspecified atom stereocenters. The van der Waals surface area contributed by atoms with Crippen molar-refractivity contribution in [2.45, 2.75) is 31.3 Å². The first-order chi connectivity index (χ1) is 6.57. The summed E-state index contributed by atoms with van der Waals surface area (Å²) in [5.74, 6) is -0.535. The van der Waals surface area contributed by atoms with E-state index in [-0.39, 0.29) is 6.61 Å². The second-order valence-corrected chi connectivity index (χ2v) is 4.65. The van der Waals surface area contributed by atoms with Gasteiger partial charge in [0, 0.05) is 0 Å². The number of hydrogen-bond donors (Lipinski definition) is 3. The molecule has 1 aliphatic heterocycles. The molecule has 3 N–H and O–H groups in total.